The van der Waals surface area contributed by atoms with Gasteiger partial charge in [-0.25, -0.2) is 0 Å². The molecule has 0 heterocycles. The van der Waals surface area contributed by atoms with Crippen molar-refractivity contribution in [2.45, 2.75) is 13.3 Å². The summed E-state index contributed by atoms with van der Waals surface area (Å²) in [4.78, 5) is 23.6. The molecule has 3 N–H and O–H groups in total. The van der Waals surface area contributed by atoms with Gasteiger partial charge in [0.15, 0.2) is 5.11 Å². The Hall–Kier alpha value is -2.93. The van der Waals surface area contributed by atoms with E-state index in [2.05, 4.69) is 16.0 Å². The largest absolute Gasteiger partial charge is 0.496 e. The summed E-state index contributed by atoms with van der Waals surface area (Å²) < 4.78 is 5.16. The summed E-state index contributed by atoms with van der Waals surface area (Å²) in [6.45, 7) is 1.79. The van der Waals surface area contributed by atoms with Crippen LogP contribution < -0.4 is 20.7 Å². The number of ether oxygens (including phenoxy) is 1. The number of rotatable bonds is 5. The van der Waals surface area contributed by atoms with Crippen molar-refractivity contribution >= 4 is 40.5 Å². The highest BCUT2D eigenvalue weighted by Gasteiger charge is 2.12. The molecule has 2 aromatic rings. The molecule has 0 radical (unpaired) electrons. The van der Waals surface area contributed by atoms with E-state index >= 15 is 0 Å². The van der Waals surface area contributed by atoms with Gasteiger partial charge < -0.3 is 15.4 Å². The highest BCUT2D eigenvalue weighted by molar-refractivity contribution is 7.80. The average Bonchev–Trinajstić information content (AvgIpc) is 2.63. The predicted molar refractivity (Wildman–Crippen MR) is 102 cm³/mol. The summed E-state index contributed by atoms with van der Waals surface area (Å²) in [5.41, 5.74) is 1.79. The highest BCUT2D eigenvalue weighted by atomic mass is 32.1. The molecule has 0 saturated carbocycles. The number of hydrogen-bond acceptors (Lipinski definition) is 4. The maximum atomic E-state index is 12.3. The van der Waals surface area contributed by atoms with Crippen molar-refractivity contribution in [1.82, 2.24) is 5.32 Å². The first-order valence-corrected chi connectivity index (χ1v) is 8.09. The van der Waals surface area contributed by atoms with E-state index in [4.69, 9.17) is 17.0 Å². The quantitative estimate of drug-likeness (QED) is 0.716. The number of nitrogens with one attached hydrogen (secondary N) is 3. The Kier molecular flexibility index (Phi) is 6.47. The molecular weight excluding hydrogens is 338 g/mol. The van der Waals surface area contributed by atoms with Crippen LogP contribution in [0.25, 0.3) is 0 Å². The zero-order chi connectivity index (χ0) is 18.2. The van der Waals surface area contributed by atoms with Gasteiger partial charge in [-0.15, -0.1) is 0 Å². The van der Waals surface area contributed by atoms with E-state index in [1.807, 2.05) is 0 Å². The number of carbonyl (C=O) groups excluding carboxylic acids is 2. The summed E-state index contributed by atoms with van der Waals surface area (Å²) in [5, 5.41) is 8.45. The zero-order valence-electron chi connectivity index (χ0n) is 14.0. The lowest BCUT2D eigenvalue weighted by atomic mass is 10.2. The van der Waals surface area contributed by atoms with Crippen molar-refractivity contribution < 1.29 is 14.3 Å². The minimum atomic E-state index is -0.359. The molecular formula is C18H19N3O3S. The fourth-order valence-electron chi connectivity index (χ4n) is 2.05. The third-order valence-corrected chi connectivity index (χ3v) is 3.53. The fraction of sp³-hybridized carbons (Fsp3) is 0.167. The second-order valence-electron chi connectivity index (χ2n) is 5.09. The van der Waals surface area contributed by atoms with Crippen LogP contribution in [0.15, 0.2) is 48.5 Å². The number of benzene rings is 2. The fourth-order valence-corrected chi connectivity index (χ4v) is 2.26. The molecule has 2 amide bonds. The maximum absolute atomic E-state index is 12.3. The van der Waals surface area contributed by atoms with Crippen molar-refractivity contribution in [2.24, 2.45) is 0 Å². The van der Waals surface area contributed by atoms with Gasteiger partial charge in [0.25, 0.3) is 5.91 Å². The van der Waals surface area contributed by atoms with Gasteiger partial charge in [0.05, 0.1) is 12.7 Å². The molecule has 0 atom stereocenters. The molecule has 6 nitrogen and oxygen atoms in total. The van der Waals surface area contributed by atoms with Crippen molar-refractivity contribution in [3.63, 3.8) is 0 Å². The SMILES string of the molecule is CCC(=O)Nc1ccc(NC(=S)NC(=O)c2ccccc2OC)cc1. The van der Waals surface area contributed by atoms with Crippen LogP contribution in [-0.2, 0) is 4.79 Å². The number of anilines is 2. The number of carbonyl (C=O) groups is 2. The Labute approximate surface area is 151 Å². The number of methoxy groups -OCH3 is 1. The molecule has 0 aromatic heterocycles. The Bertz CT molecular complexity index is 775. The van der Waals surface area contributed by atoms with E-state index in [0.29, 0.717) is 29.1 Å². The lowest BCUT2D eigenvalue weighted by Gasteiger charge is -2.12. The number of hydrogen-bond donors (Lipinski definition) is 3. The van der Waals surface area contributed by atoms with E-state index in [1.54, 1.807) is 55.5 Å². The van der Waals surface area contributed by atoms with Crippen molar-refractivity contribution in [3.05, 3.63) is 54.1 Å². The van der Waals surface area contributed by atoms with Crippen LogP contribution >= 0.6 is 12.2 Å². The molecule has 2 rings (SSSR count). The monoisotopic (exact) mass is 357 g/mol. The third kappa shape index (κ3) is 5.29. The van der Waals surface area contributed by atoms with E-state index in [1.165, 1.54) is 7.11 Å². The first-order valence-electron chi connectivity index (χ1n) is 7.68. The molecule has 0 fully saturated rings. The second-order valence-corrected chi connectivity index (χ2v) is 5.50. The van der Waals surface area contributed by atoms with Crippen molar-refractivity contribution in [2.75, 3.05) is 17.7 Å². The lowest BCUT2D eigenvalue weighted by molar-refractivity contribution is -0.115. The van der Waals surface area contributed by atoms with Crippen LogP contribution in [0.1, 0.15) is 23.7 Å². The van der Waals surface area contributed by atoms with E-state index in [9.17, 15) is 9.59 Å². The van der Waals surface area contributed by atoms with Gasteiger partial charge in [-0.3, -0.25) is 14.9 Å². The van der Waals surface area contributed by atoms with Gasteiger partial charge in [0.1, 0.15) is 5.75 Å². The van der Waals surface area contributed by atoms with E-state index in [0.717, 1.165) is 0 Å². The minimum Gasteiger partial charge on any atom is -0.496 e. The van der Waals surface area contributed by atoms with Gasteiger partial charge in [0.2, 0.25) is 5.91 Å². The standard InChI is InChI=1S/C18H19N3O3S/c1-3-16(22)19-12-8-10-13(11-9-12)20-18(25)21-17(23)14-6-4-5-7-15(14)24-2/h4-11H,3H2,1-2H3,(H,19,22)(H2,20,21,23,25). The van der Waals surface area contributed by atoms with Crippen molar-refractivity contribution in [1.29, 1.82) is 0 Å². The minimum absolute atomic E-state index is 0.0553. The van der Waals surface area contributed by atoms with Gasteiger partial charge in [-0.05, 0) is 48.6 Å². The summed E-state index contributed by atoms with van der Waals surface area (Å²) in [6.07, 6.45) is 0.416. The topological polar surface area (TPSA) is 79.5 Å². The Morgan fingerprint density at radius 2 is 1.60 bits per heavy atom. The summed E-state index contributed by atoms with van der Waals surface area (Å²) in [5.74, 6) is 0.0564. The Morgan fingerprint density at radius 3 is 2.20 bits per heavy atom. The van der Waals surface area contributed by atoms with Gasteiger partial charge in [-0.1, -0.05) is 19.1 Å². The molecule has 0 spiro atoms. The molecule has 25 heavy (non-hydrogen) atoms. The van der Waals surface area contributed by atoms with Crippen molar-refractivity contribution in [3.8, 4) is 5.75 Å². The summed E-state index contributed by atoms with van der Waals surface area (Å²) in [7, 11) is 1.50. The molecule has 0 aliphatic rings. The lowest BCUT2D eigenvalue weighted by Crippen LogP contribution is -2.34. The molecule has 2 aromatic carbocycles. The molecule has 0 saturated heterocycles. The number of amides is 2. The zero-order valence-corrected chi connectivity index (χ0v) is 14.8. The molecule has 130 valence electrons. The summed E-state index contributed by atoms with van der Waals surface area (Å²) >= 11 is 5.16. The van der Waals surface area contributed by atoms with Crippen LogP contribution in [0.5, 0.6) is 5.75 Å². The smallest absolute Gasteiger partial charge is 0.261 e. The molecule has 0 bridgehead atoms. The Morgan fingerprint density at radius 1 is 1.00 bits per heavy atom. The molecule has 0 aliphatic carbocycles. The van der Waals surface area contributed by atoms with Crippen LogP contribution in [0.2, 0.25) is 0 Å². The van der Waals surface area contributed by atoms with Gasteiger partial charge in [-0.2, -0.15) is 0 Å². The highest BCUT2D eigenvalue weighted by Crippen LogP contribution is 2.17. The van der Waals surface area contributed by atoms with Crippen LogP contribution in [0.3, 0.4) is 0 Å². The Balaban J connectivity index is 1.95. The molecule has 7 heteroatoms. The van der Waals surface area contributed by atoms with Crippen LogP contribution in [0, 0.1) is 0 Å². The van der Waals surface area contributed by atoms with E-state index in [-0.39, 0.29) is 16.9 Å². The maximum Gasteiger partial charge on any atom is 0.261 e. The summed E-state index contributed by atoms with van der Waals surface area (Å²) in [6, 6.07) is 13.9. The molecule has 0 unspecified atom stereocenters. The number of thiocarbonyl (C=S) groups is 1. The van der Waals surface area contributed by atoms with Crippen LogP contribution in [0.4, 0.5) is 11.4 Å². The van der Waals surface area contributed by atoms with Gasteiger partial charge >= 0.3 is 0 Å². The van der Waals surface area contributed by atoms with Crippen LogP contribution in [-0.4, -0.2) is 24.0 Å². The first-order chi connectivity index (χ1) is 12.0. The normalized spacial score (nSPS) is 9.84. The van der Waals surface area contributed by atoms with Gasteiger partial charge in [0, 0.05) is 17.8 Å². The third-order valence-electron chi connectivity index (χ3n) is 3.33. The predicted octanol–water partition coefficient (Wildman–Crippen LogP) is 3.17. The molecule has 0 aliphatic heterocycles. The second kappa shape index (κ2) is 8.79. The number of para-hydroxylation sites is 1. The average molecular weight is 357 g/mol. The first kappa shape index (κ1) is 18.4. The van der Waals surface area contributed by atoms with E-state index < -0.39 is 0 Å².